The third-order valence-corrected chi connectivity index (χ3v) is 4.37. The average molecular weight is 263 g/mol. The van der Waals surface area contributed by atoms with E-state index in [9.17, 15) is 4.39 Å². The van der Waals surface area contributed by atoms with Gasteiger partial charge in [-0.25, -0.2) is 4.39 Å². The van der Waals surface area contributed by atoms with Crippen LogP contribution in [0.3, 0.4) is 0 Å². The van der Waals surface area contributed by atoms with Crippen LogP contribution in [-0.2, 0) is 6.42 Å². The molecule has 2 heteroatoms. The fourth-order valence-electron chi connectivity index (χ4n) is 3.09. The van der Waals surface area contributed by atoms with E-state index in [2.05, 4.69) is 19.2 Å². The van der Waals surface area contributed by atoms with Crippen molar-refractivity contribution in [3.63, 3.8) is 0 Å². The predicted molar refractivity (Wildman–Crippen MR) is 78.8 cm³/mol. The molecule has 0 radical (unpaired) electrons. The van der Waals surface area contributed by atoms with E-state index in [1.54, 1.807) is 12.1 Å². The van der Waals surface area contributed by atoms with Gasteiger partial charge in [0, 0.05) is 12.6 Å². The quantitative estimate of drug-likeness (QED) is 0.834. The van der Waals surface area contributed by atoms with Gasteiger partial charge in [-0.1, -0.05) is 38.3 Å². The van der Waals surface area contributed by atoms with E-state index < -0.39 is 0 Å². The van der Waals surface area contributed by atoms with Crippen molar-refractivity contribution in [2.24, 2.45) is 5.41 Å². The Labute approximate surface area is 116 Å². The molecule has 19 heavy (non-hydrogen) atoms. The van der Waals surface area contributed by atoms with Gasteiger partial charge < -0.3 is 5.32 Å². The Balaban J connectivity index is 1.79. The van der Waals surface area contributed by atoms with Crippen LogP contribution in [0.4, 0.5) is 4.39 Å². The second-order valence-electron chi connectivity index (χ2n) is 6.49. The van der Waals surface area contributed by atoms with Crippen molar-refractivity contribution in [3.05, 3.63) is 35.6 Å². The summed E-state index contributed by atoms with van der Waals surface area (Å²) in [5.41, 5.74) is 1.54. The monoisotopic (exact) mass is 263 g/mol. The molecule has 1 fully saturated rings. The molecule has 1 unspecified atom stereocenters. The Bertz CT molecular complexity index is 396. The molecule has 0 bridgehead atoms. The van der Waals surface area contributed by atoms with E-state index in [1.165, 1.54) is 38.2 Å². The minimum absolute atomic E-state index is 0.135. The van der Waals surface area contributed by atoms with Crippen LogP contribution in [0, 0.1) is 11.2 Å². The molecule has 1 nitrogen and oxygen atoms in total. The number of hydrogen-bond donors (Lipinski definition) is 1. The van der Waals surface area contributed by atoms with Gasteiger partial charge in [0.25, 0.3) is 0 Å². The Morgan fingerprint density at radius 2 is 2.00 bits per heavy atom. The van der Waals surface area contributed by atoms with Crippen LogP contribution in [0.2, 0.25) is 0 Å². The first-order chi connectivity index (χ1) is 9.07. The number of hydrogen-bond acceptors (Lipinski definition) is 1. The summed E-state index contributed by atoms with van der Waals surface area (Å²) < 4.78 is 13.1. The summed E-state index contributed by atoms with van der Waals surface area (Å²) in [4.78, 5) is 0. The molecular weight excluding hydrogens is 237 g/mol. The van der Waals surface area contributed by atoms with Crippen molar-refractivity contribution < 1.29 is 4.39 Å². The second-order valence-corrected chi connectivity index (χ2v) is 6.49. The maximum Gasteiger partial charge on any atom is 0.123 e. The third kappa shape index (κ3) is 4.61. The first kappa shape index (κ1) is 14.5. The molecular formula is C17H26FN. The van der Waals surface area contributed by atoms with Crippen molar-refractivity contribution in [2.45, 2.75) is 58.4 Å². The van der Waals surface area contributed by atoms with Gasteiger partial charge in [0.05, 0.1) is 0 Å². The zero-order valence-corrected chi connectivity index (χ0v) is 12.2. The number of halogens is 1. The molecule has 1 aliphatic rings. The summed E-state index contributed by atoms with van der Waals surface area (Å²) in [5.74, 6) is -0.135. The lowest BCUT2D eigenvalue weighted by molar-refractivity contribution is 0.201. The highest BCUT2D eigenvalue weighted by Crippen LogP contribution is 2.35. The molecule has 1 aromatic rings. The van der Waals surface area contributed by atoms with Crippen molar-refractivity contribution in [3.8, 4) is 0 Å². The Morgan fingerprint density at radius 3 is 2.68 bits per heavy atom. The van der Waals surface area contributed by atoms with Gasteiger partial charge >= 0.3 is 0 Å². The maximum atomic E-state index is 13.1. The minimum Gasteiger partial charge on any atom is -0.313 e. The van der Waals surface area contributed by atoms with Crippen LogP contribution in [0.25, 0.3) is 0 Å². The summed E-state index contributed by atoms with van der Waals surface area (Å²) in [6, 6.07) is 7.34. The third-order valence-electron chi connectivity index (χ3n) is 4.37. The lowest BCUT2D eigenvalue weighted by Gasteiger charge is -2.35. The molecule has 1 aliphatic carbocycles. The highest BCUT2D eigenvalue weighted by Gasteiger charge is 2.26. The molecule has 1 saturated carbocycles. The molecule has 1 atom stereocenters. The average Bonchev–Trinajstić information content (AvgIpc) is 2.38. The molecule has 1 N–H and O–H groups in total. The number of benzene rings is 1. The van der Waals surface area contributed by atoms with Gasteiger partial charge in [0.1, 0.15) is 5.82 Å². The summed E-state index contributed by atoms with van der Waals surface area (Å²) in [6.07, 6.45) is 7.72. The minimum atomic E-state index is -0.135. The molecule has 0 saturated heterocycles. The number of rotatable bonds is 5. The summed E-state index contributed by atoms with van der Waals surface area (Å²) in [5, 5.41) is 3.64. The van der Waals surface area contributed by atoms with Crippen LogP contribution in [0.15, 0.2) is 24.3 Å². The molecule has 0 aliphatic heterocycles. The SMILES string of the molecule is CC(Cc1cccc(F)c1)NCC1(C)CCCCC1. The summed E-state index contributed by atoms with van der Waals surface area (Å²) >= 11 is 0. The van der Waals surface area contributed by atoms with E-state index >= 15 is 0 Å². The first-order valence-corrected chi connectivity index (χ1v) is 7.55. The van der Waals surface area contributed by atoms with Crippen LogP contribution in [-0.4, -0.2) is 12.6 Å². The molecule has 1 aromatic carbocycles. The zero-order chi connectivity index (χ0) is 13.7. The van der Waals surface area contributed by atoms with Gasteiger partial charge in [-0.3, -0.25) is 0 Å². The summed E-state index contributed by atoms with van der Waals surface area (Å²) in [7, 11) is 0. The van der Waals surface area contributed by atoms with Gasteiger partial charge in [-0.15, -0.1) is 0 Å². The molecule has 0 amide bonds. The predicted octanol–water partition coefficient (Wildman–Crippen LogP) is 4.32. The fraction of sp³-hybridized carbons (Fsp3) is 0.647. The smallest absolute Gasteiger partial charge is 0.123 e. The van der Waals surface area contributed by atoms with E-state index in [-0.39, 0.29) is 5.82 Å². The van der Waals surface area contributed by atoms with Crippen molar-refractivity contribution in [2.75, 3.05) is 6.54 Å². The van der Waals surface area contributed by atoms with Crippen LogP contribution in [0.5, 0.6) is 0 Å². The van der Waals surface area contributed by atoms with E-state index in [1.807, 2.05) is 6.07 Å². The van der Waals surface area contributed by atoms with E-state index in [0.29, 0.717) is 11.5 Å². The normalized spacial score (nSPS) is 20.2. The highest BCUT2D eigenvalue weighted by atomic mass is 19.1. The molecule has 0 heterocycles. The summed E-state index contributed by atoms with van der Waals surface area (Å²) in [6.45, 7) is 5.68. The molecule has 2 rings (SSSR count). The molecule has 0 aromatic heterocycles. The number of nitrogens with one attached hydrogen (secondary N) is 1. The van der Waals surface area contributed by atoms with E-state index in [4.69, 9.17) is 0 Å². The highest BCUT2D eigenvalue weighted by molar-refractivity contribution is 5.17. The maximum absolute atomic E-state index is 13.1. The van der Waals surface area contributed by atoms with E-state index in [0.717, 1.165) is 18.5 Å². The Morgan fingerprint density at radius 1 is 1.26 bits per heavy atom. The lowest BCUT2D eigenvalue weighted by Crippen LogP contribution is -2.39. The van der Waals surface area contributed by atoms with Gasteiger partial charge in [-0.2, -0.15) is 0 Å². The van der Waals surface area contributed by atoms with Crippen LogP contribution < -0.4 is 5.32 Å². The Kier molecular flexibility index (Phi) is 4.98. The Hall–Kier alpha value is -0.890. The topological polar surface area (TPSA) is 12.0 Å². The fourth-order valence-corrected chi connectivity index (χ4v) is 3.09. The van der Waals surface area contributed by atoms with Crippen LogP contribution >= 0.6 is 0 Å². The van der Waals surface area contributed by atoms with Crippen molar-refractivity contribution in [1.82, 2.24) is 5.32 Å². The van der Waals surface area contributed by atoms with Crippen molar-refractivity contribution >= 4 is 0 Å². The lowest BCUT2D eigenvalue weighted by atomic mass is 9.75. The van der Waals surface area contributed by atoms with Crippen molar-refractivity contribution in [1.29, 1.82) is 0 Å². The second kappa shape index (κ2) is 6.51. The van der Waals surface area contributed by atoms with Gasteiger partial charge in [0.15, 0.2) is 0 Å². The van der Waals surface area contributed by atoms with Gasteiger partial charge in [-0.05, 0) is 49.3 Å². The molecule has 0 spiro atoms. The zero-order valence-electron chi connectivity index (χ0n) is 12.2. The van der Waals surface area contributed by atoms with Gasteiger partial charge in [0.2, 0.25) is 0 Å². The first-order valence-electron chi connectivity index (χ1n) is 7.55. The largest absolute Gasteiger partial charge is 0.313 e. The molecule has 106 valence electrons. The van der Waals surface area contributed by atoms with Crippen LogP contribution in [0.1, 0.15) is 51.5 Å². The standard InChI is InChI=1S/C17H26FN/c1-14(11-15-7-6-8-16(18)12-15)19-13-17(2)9-4-3-5-10-17/h6-8,12,14,19H,3-5,9-11,13H2,1-2H3.